The van der Waals surface area contributed by atoms with Crippen LogP contribution in [-0.4, -0.2) is 6.29 Å². The lowest BCUT2D eigenvalue weighted by Crippen LogP contribution is -2.00. The van der Waals surface area contributed by atoms with Crippen LogP contribution in [0.4, 0.5) is 0 Å². The molecule has 0 amide bonds. The number of hydrogen-bond donors (Lipinski definition) is 0. The van der Waals surface area contributed by atoms with E-state index in [0.717, 1.165) is 19.9 Å². The Hall–Kier alpha value is -1.39. The summed E-state index contributed by atoms with van der Waals surface area (Å²) in [5.74, 6) is 0.670. The minimum Gasteiger partial charge on any atom is -0.487 e. The summed E-state index contributed by atoms with van der Waals surface area (Å²) < 4.78 is 7.34. The van der Waals surface area contributed by atoms with Crippen molar-refractivity contribution in [3.8, 4) is 11.8 Å². The number of rotatable bonds is 4. The molecule has 100 valence electrons. The van der Waals surface area contributed by atoms with Crippen LogP contribution in [0.15, 0.2) is 40.9 Å². The number of benzene rings is 2. The van der Waals surface area contributed by atoms with Gasteiger partial charge in [-0.1, -0.05) is 18.2 Å². The van der Waals surface area contributed by atoms with Gasteiger partial charge in [-0.25, -0.2) is 0 Å². The van der Waals surface area contributed by atoms with E-state index in [-0.39, 0.29) is 0 Å². The van der Waals surface area contributed by atoms with Crippen molar-refractivity contribution in [3.63, 3.8) is 0 Å². The second-order valence-electron chi connectivity index (χ2n) is 3.99. The van der Waals surface area contributed by atoms with Crippen molar-refractivity contribution in [2.75, 3.05) is 0 Å². The second-order valence-corrected chi connectivity index (χ2v) is 6.01. The Labute approximate surface area is 138 Å². The highest BCUT2D eigenvalue weighted by Crippen LogP contribution is 2.32. The Bertz CT molecular complexity index is 672. The number of halogens is 2. The molecule has 0 spiro atoms. The van der Waals surface area contributed by atoms with Crippen LogP contribution in [0.2, 0.25) is 0 Å². The molecule has 0 N–H and O–H groups in total. The predicted molar refractivity (Wildman–Crippen MR) is 87.7 cm³/mol. The van der Waals surface area contributed by atoms with Gasteiger partial charge in [0.1, 0.15) is 18.6 Å². The minimum absolute atomic E-state index is 0.304. The molecule has 2 rings (SSSR count). The predicted octanol–water partition coefficient (Wildman–Crippen LogP) is 4.32. The number of carbonyl (C=O) groups is 1. The SMILES string of the molecule is N#Cc1ccccc1COc1c(Br)cc(C=O)cc1I. The summed E-state index contributed by atoms with van der Waals surface area (Å²) in [5.41, 5.74) is 2.02. The highest BCUT2D eigenvalue weighted by Gasteiger charge is 2.10. The summed E-state index contributed by atoms with van der Waals surface area (Å²) in [7, 11) is 0. The normalized spacial score (nSPS) is 9.85. The third-order valence-electron chi connectivity index (χ3n) is 2.67. The van der Waals surface area contributed by atoms with Gasteiger partial charge in [-0.3, -0.25) is 4.79 Å². The largest absolute Gasteiger partial charge is 0.487 e. The monoisotopic (exact) mass is 441 g/mol. The number of nitrogens with zero attached hydrogens (tertiary/aromatic N) is 1. The van der Waals surface area contributed by atoms with E-state index in [0.29, 0.717) is 23.5 Å². The van der Waals surface area contributed by atoms with E-state index < -0.39 is 0 Å². The molecule has 0 bridgehead atoms. The summed E-state index contributed by atoms with van der Waals surface area (Å²) in [6.45, 7) is 0.304. The number of ether oxygens (including phenoxy) is 1. The van der Waals surface area contributed by atoms with Gasteiger partial charge in [-0.15, -0.1) is 0 Å². The summed E-state index contributed by atoms with van der Waals surface area (Å²) in [6, 6.07) is 12.9. The molecule has 20 heavy (non-hydrogen) atoms. The summed E-state index contributed by atoms with van der Waals surface area (Å²) in [6.07, 6.45) is 0.793. The molecule has 0 aliphatic heterocycles. The molecule has 0 aromatic heterocycles. The van der Waals surface area contributed by atoms with Gasteiger partial charge in [0.25, 0.3) is 0 Å². The Morgan fingerprint density at radius 3 is 2.75 bits per heavy atom. The van der Waals surface area contributed by atoms with Crippen molar-refractivity contribution in [1.29, 1.82) is 5.26 Å². The van der Waals surface area contributed by atoms with E-state index in [1.807, 2.05) is 18.2 Å². The van der Waals surface area contributed by atoms with Crippen molar-refractivity contribution in [3.05, 3.63) is 61.1 Å². The van der Waals surface area contributed by atoms with Crippen molar-refractivity contribution in [2.24, 2.45) is 0 Å². The van der Waals surface area contributed by atoms with E-state index in [2.05, 4.69) is 44.6 Å². The molecule has 2 aromatic rings. The smallest absolute Gasteiger partial charge is 0.150 e. The fraction of sp³-hybridized carbons (Fsp3) is 0.0667. The maximum absolute atomic E-state index is 10.8. The molecular formula is C15H9BrINO2. The first-order chi connectivity index (χ1) is 9.65. The fourth-order valence-electron chi connectivity index (χ4n) is 1.69. The summed E-state index contributed by atoms with van der Waals surface area (Å²) >= 11 is 5.51. The topological polar surface area (TPSA) is 50.1 Å². The lowest BCUT2D eigenvalue weighted by atomic mass is 10.1. The van der Waals surface area contributed by atoms with Gasteiger partial charge in [0, 0.05) is 11.1 Å². The van der Waals surface area contributed by atoms with E-state index in [1.165, 1.54) is 0 Å². The molecule has 0 atom stereocenters. The average Bonchev–Trinajstić information content (AvgIpc) is 2.46. The Balaban J connectivity index is 2.24. The van der Waals surface area contributed by atoms with Crippen LogP contribution >= 0.6 is 38.5 Å². The molecule has 3 nitrogen and oxygen atoms in total. The first-order valence-electron chi connectivity index (χ1n) is 5.70. The molecule has 5 heteroatoms. The molecule has 0 saturated heterocycles. The summed E-state index contributed by atoms with van der Waals surface area (Å²) in [4.78, 5) is 10.8. The highest BCUT2D eigenvalue weighted by atomic mass is 127. The molecule has 0 unspecified atom stereocenters. The number of aldehydes is 1. The molecule has 0 fully saturated rings. The number of hydrogen-bond acceptors (Lipinski definition) is 3. The Kier molecular flexibility index (Phi) is 5.15. The third kappa shape index (κ3) is 3.38. The van der Waals surface area contributed by atoms with Gasteiger partial charge in [0.15, 0.2) is 0 Å². The van der Waals surface area contributed by atoms with Crippen LogP contribution in [0, 0.1) is 14.9 Å². The average molecular weight is 442 g/mol. The Morgan fingerprint density at radius 2 is 2.10 bits per heavy atom. The summed E-state index contributed by atoms with van der Waals surface area (Å²) in [5, 5.41) is 9.04. The van der Waals surface area contributed by atoms with Crippen molar-refractivity contribution in [2.45, 2.75) is 6.61 Å². The maximum atomic E-state index is 10.8. The van der Waals surface area contributed by atoms with Crippen LogP contribution in [0.3, 0.4) is 0 Å². The fourth-order valence-corrected chi connectivity index (χ4v) is 3.46. The second kappa shape index (κ2) is 6.86. The van der Waals surface area contributed by atoms with Crippen molar-refractivity contribution in [1.82, 2.24) is 0 Å². The van der Waals surface area contributed by atoms with Gasteiger partial charge >= 0.3 is 0 Å². The standard InChI is InChI=1S/C15H9BrINO2/c16-13-5-10(8-19)6-14(17)15(13)20-9-12-4-2-1-3-11(12)7-18/h1-6,8H,9H2. The number of carbonyl (C=O) groups excluding carboxylic acids is 1. The highest BCUT2D eigenvalue weighted by molar-refractivity contribution is 14.1. The third-order valence-corrected chi connectivity index (χ3v) is 4.06. The van der Waals surface area contributed by atoms with E-state index >= 15 is 0 Å². The van der Waals surface area contributed by atoms with Crippen LogP contribution in [0.25, 0.3) is 0 Å². The zero-order valence-corrected chi connectivity index (χ0v) is 14.0. The van der Waals surface area contributed by atoms with Gasteiger partial charge in [0.05, 0.1) is 19.7 Å². The molecule has 0 aliphatic carbocycles. The minimum atomic E-state index is 0.304. The molecule has 0 heterocycles. The van der Waals surface area contributed by atoms with Crippen molar-refractivity contribution < 1.29 is 9.53 Å². The zero-order valence-electron chi connectivity index (χ0n) is 10.3. The van der Waals surface area contributed by atoms with E-state index in [1.54, 1.807) is 18.2 Å². The quantitative estimate of drug-likeness (QED) is 0.524. The molecule has 0 radical (unpaired) electrons. The molecule has 0 saturated carbocycles. The Morgan fingerprint density at radius 1 is 1.35 bits per heavy atom. The first kappa shape index (κ1) is 15.0. The van der Waals surface area contributed by atoms with Gasteiger partial charge in [-0.05, 0) is 56.7 Å². The van der Waals surface area contributed by atoms with Gasteiger partial charge in [-0.2, -0.15) is 5.26 Å². The number of nitriles is 1. The van der Waals surface area contributed by atoms with Crippen molar-refractivity contribution >= 4 is 44.8 Å². The van der Waals surface area contributed by atoms with Gasteiger partial charge < -0.3 is 4.74 Å². The first-order valence-corrected chi connectivity index (χ1v) is 7.58. The van der Waals surface area contributed by atoms with E-state index in [4.69, 9.17) is 10.00 Å². The lowest BCUT2D eigenvalue weighted by molar-refractivity contribution is 0.112. The van der Waals surface area contributed by atoms with Crippen LogP contribution < -0.4 is 4.74 Å². The molecule has 0 aliphatic rings. The van der Waals surface area contributed by atoms with Gasteiger partial charge in [0.2, 0.25) is 0 Å². The van der Waals surface area contributed by atoms with Crippen LogP contribution in [0.1, 0.15) is 21.5 Å². The maximum Gasteiger partial charge on any atom is 0.150 e. The zero-order chi connectivity index (χ0) is 14.5. The van der Waals surface area contributed by atoms with E-state index in [9.17, 15) is 4.79 Å². The molecular weight excluding hydrogens is 433 g/mol. The lowest BCUT2D eigenvalue weighted by Gasteiger charge is -2.11. The molecule has 2 aromatic carbocycles. The van der Waals surface area contributed by atoms with Crippen LogP contribution in [0.5, 0.6) is 5.75 Å². The van der Waals surface area contributed by atoms with Crippen LogP contribution in [-0.2, 0) is 6.61 Å².